The Hall–Kier alpha value is -7.93. The van der Waals surface area contributed by atoms with Gasteiger partial charge in [0.25, 0.3) is 0 Å². The second-order valence-corrected chi connectivity index (χ2v) is 15.4. The highest BCUT2D eigenvalue weighted by molar-refractivity contribution is 6.12. The Labute approximate surface area is 351 Å². The number of para-hydroxylation sites is 1. The van der Waals surface area contributed by atoms with E-state index in [1.807, 2.05) is 24.3 Å². The van der Waals surface area contributed by atoms with Gasteiger partial charge in [-0.25, -0.2) is 0 Å². The molecule has 60 heavy (non-hydrogen) atoms. The smallest absolute Gasteiger partial charge is 0.100 e. The van der Waals surface area contributed by atoms with Crippen molar-refractivity contribution >= 4 is 38.9 Å². The molecule has 3 nitrogen and oxygen atoms in total. The maximum Gasteiger partial charge on any atom is 0.100 e. The van der Waals surface area contributed by atoms with Gasteiger partial charge < -0.3 is 9.47 Å². The Morgan fingerprint density at radius 3 is 1.55 bits per heavy atom. The first kappa shape index (κ1) is 36.4. The molecule has 3 heteroatoms. The summed E-state index contributed by atoms with van der Waals surface area (Å²) in [6.07, 6.45) is 0. The molecule has 0 spiro atoms. The number of fused-ring (bicyclic) bond motifs is 3. The van der Waals surface area contributed by atoms with E-state index in [0.717, 1.165) is 89.1 Å². The zero-order valence-electron chi connectivity index (χ0n) is 33.5. The van der Waals surface area contributed by atoms with E-state index < -0.39 is 0 Å². The van der Waals surface area contributed by atoms with Crippen molar-refractivity contribution in [2.24, 2.45) is 0 Å². The fraction of sp³-hybridized carbons (Fsp3) is 0.0351. The lowest BCUT2D eigenvalue weighted by Crippen LogP contribution is -2.10. The van der Waals surface area contributed by atoms with Gasteiger partial charge in [-0.2, -0.15) is 5.26 Å². The number of benzene rings is 9. The van der Waals surface area contributed by atoms with E-state index >= 15 is 0 Å². The Balaban J connectivity index is 1.31. The Kier molecular flexibility index (Phi) is 9.37. The fourth-order valence-electron chi connectivity index (χ4n) is 8.67. The number of nitriles is 1. The number of rotatable bonds is 8. The molecule has 0 fully saturated rings. The predicted molar refractivity (Wildman–Crippen MR) is 251 cm³/mol. The van der Waals surface area contributed by atoms with E-state index in [4.69, 9.17) is 0 Å². The summed E-state index contributed by atoms with van der Waals surface area (Å²) < 4.78 is 2.42. The molecule has 0 saturated heterocycles. The van der Waals surface area contributed by atoms with Gasteiger partial charge in [-0.15, -0.1) is 0 Å². The summed E-state index contributed by atoms with van der Waals surface area (Å²) in [7, 11) is 0. The van der Waals surface area contributed by atoms with Crippen molar-refractivity contribution in [3.05, 3.63) is 229 Å². The molecule has 0 aliphatic rings. The lowest BCUT2D eigenvalue weighted by molar-refractivity contribution is 1.18. The summed E-state index contributed by atoms with van der Waals surface area (Å²) in [6, 6.07) is 78.0. The third-order valence-corrected chi connectivity index (χ3v) is 11.6. The van der Waals surface area contributed by atoms with Crippen molar-refractivity contribution in [3.8, 4) is 56.3 Å². The van der Waals surface area contributed by atoms with Gasteiger partial charge in [0.15, 0.2) is 0 Å². The zero-order valence-corrected chi connectivity index (χ0v) is 33.5. The molecule has 0 atom stereocenters. The van der Waals surface area contributed by atoms with E-state index in [9.17, 15) is 5.26 Å². The number of anilines is 3. The molecule has 0 bridgehead atoms. The van der Waals surface area contributed by atoms with Crippen LogP contribution in [-0.2, 0) is 0 Å². The van der Waals surface area contributed by atoms with Crippen molar-refractivity contribution in [2.45, 2.75) is 13.8 Å². The quantitative estimate of drug-likeness (QED) is 0.154. The summed E-state index contributed by atoms with van der Waals surface area (Å²) in [5.74, 6) is 0. The largest absolute Gasteiger partial charge is 0.310 e. The van der Waals surface area contributed by atoms with Crippen molar-refractivity contribution in [1.29, 1.82) is 5.26 Å². The van der Waals surface area contributed by atoms with Gasteiger partial charge in [0.2, 0.25) is 0 Å². The van der Waals surface area contributed by atoms with Crippen LogP contribution in [0.2, 0.25) is 0 Å². The standard InChI is InChI=1S/C57H41N3/c1-39-25-29-46(30-26-39)59(47-31-27-40(2)28-32-47)48-33-34-54-51(36-48)49-23-12-13-24-53(49)60(54)55-37-50(42-17-8-4-9-18-42)52(38-58)56(43-19-10-5-11-20-43)57(55)45-22-14-21-44(35-45)41-15-6-3-7-16-41/h3-37H,1-2H3. The third-order valence-electron chi connectivity index (χ3n) is 11.6. The molecule has 10 aromatic rings. The van der Waals surface area contributed by atoms with Crippen LogP contribution in [0.5, 0.6) is 0 Å². The first-order valence-electron chi connectivity index (χ1n) is 20.4. The summed E-state index contributed by atoms with van der Waals surface area (Å²) >= 11 is 0. The third kappa shape index (κ3) is 6.51. The van der Waals surface area contributed by atoms with Crippen LogP contribution < -0.4 is 4.90 Å². The predicted octanol–water partition coefficient (Wildman–Crippen LogP) is 15.4. The van der Waals surface area contributed by atoms with Crippen LogP contribution in [0.4, 0.5) is 17.1 Å². The lowest BCUT2D eigenvalue weighted by Gasteiger charge is -2.26. The molecule has 0 aliphatic carbocycles. The molecule has 1 heterocycles. The number of aryl methyl sites for hydroxylation is 2. The molecule has 9 aromatic carbocycles. The number of hydrogen-bond donors (Lipinski definition) is 0. The average Bonchev–Trinajstić information content (AvgIpc) is 3.64. The topological polar surface area (TPSA) is 32.0 Å². The molecule has 284 valence electrons. The van der Waals surface area contributed by atoms with E-state index in [-0.39, 0.29) is 0 Å². The lowest BCUT2D eigenvalue weighted by atomic mass is 9.84. The molecule has 0 radical (unpaired) electrons. The summed E-state index contributed by atoms with van der Waals surface area (Å²) in [4.78, 5) is 2.34. The van der Waals surface area contributed by atoms with Gasteiger partial charge in [0.1, 0.15) is 6.07 Å². The van der Waals surface area contributed by atoms with E-state index in [0.29, 0.717) is 5.56 Å². The Morgan fingerprint density at radius 2 is 0.917 bits per heavy atom. The van der Waals surface area contributed by atoms with E-state index in [1.165, 1.54) is 11.1 Å². The summed E-state index contributed by atoms with van der Waals surface area (Å²) in [5, 5.41) is 13.5. The van der Waals surface area contributed by atoms with Crippen LogP contribution in [0.1, 0.15) is 16.7 Å². The van der Waals surface area contributed by atoms with Gasteiger partial charge in [-0.3, -0.25) is 0 Å². The maximum atomic E-state index is 11.2. The van der Waals surface area contributed by atoms with Gasteiger partial charge in [-0.1, -0.05) is 163 Å². The zero-order chi connectivity index (χ0) is 40.6. The fourth-order valence-corrected chi connectivity index (χ4v) is 8.67. The van der Waals surface area contributed by atoms with Gasteiger partial charge in [0, 0.05) is 44.5 Å². The van der Waals surface area contributed by atoms with Crippen LogP contribution >= 0.6 is 0 Å². The van der Waals surface area contributed by atoms with Crippen molar-refractivity contribution in [2.75, 3.05) is 4.90 Å². The van der Waals surface area contributed by atoms with Crippen molar-refractivity contribution in [1.82, 2.24) is 4.57 Å². The number of hydrogen-bond acceptors (Lipinski definition) is 2. The summed E-state index contributed by atoms with van der Waals surface area (Å²) in [5.41, 5.74) is 17.6. The Bertz CT molecular complexity index is 3150. The van der Waals surface area contributed by atoms with Gasteiger partial charge >= 0.3 is 0 Å². The van der Waals surface area contributed by atoms with E-state index in [1.54, 1.807) is 0 Å². The highest BCUT2D eigenvalue weighted by atomic mass is 15.1. The van der Waals surface area contributed by atoms with Crippen LogP contribution in [0.3, 0.4) is 0 Å². The normalized spacial score (nSPS) is 11.2. The minimum Gasteiger partial charge on any atom is -0.310 e. The monoisotopic (exact) mass is 767 g/mol. The van der Waals surface area contributed by atoms with Gasteiger partial charge in [0.05, 0.1) is 22.3 Å². The van der Waals surface area contributed by atoms with Gasteiger partial charge in [-0.05, 0) is 102 Å². The first-order chi connectivity index (χ1) is 29.6. The highest BCUT2D eigenvalue weighted by Crippen LogP contribution is 2.47. The van der Waals surface area contributed by atoms with E-state index in [2.05, 4.69) is 217 Å². The SMILES string of the molecule is Cc1ccc(N(c2ccc(C)cc2)c2ccc3c(c2)c2ccccc2n3-c2cc(-c3ccccc3)c(C#N)c(-c3ccccc3)c2-c2cccc(-c3ccccc3)c2)cc1. The maximum absolute atomic E-state index is 11.2. The second kappa shape index (κ2) is 15.4. The highest BCUT2D eigenvalue weighted by Gasteiger charge is 2.26. The molecular formula is C57H41N3. The number of aromatic nitrogens is 1. The van der Waals surface area contributed by atoms with Crippen molar-refractivity contribution in [3.63, 3.8) is 0 Å². The Morgan fingerprint density at radius 1 is 0.400 bits per heavy atom. The molecule has 0 unspecified atom stereocenters. The first-order valence-corrected chi connectivity index (χ1v) is 20.4. The average molecular weight is 768 g/mol. The minimum atomic E-state index is 0.645. The van der Waals surface area contributed by atoms with Crippen LogP contribution in [0.15, 0.2) is 212 Å². The minimum absolute atomic E-state index is 0.645. The summed E-state index contributed by atoms with van der Waals surface area (Å²) in [6.45, 7) is 4.26. The van der Waals surface area contributed by atoms with Crippen LogP contribution in [0, 0.1) is 25.2 Å². The van der Waals surface area contributed by atoms with Crippen LogP contribution in [-0.4, -0.2) is 4.57 Å². The second-order valence-electron chi connectivity index (χ2n) is 15.4. The molecule has 0 N–H and O–H groups in total. The molecule has 10 rings (SSSR count). The molecule has 0 saturated carbocycles. The molecule has 0 amide bonds. The number of nitrogens with zero attached hydrogens (tertiary/aromatic N) is 3. The molecular weight excluding hydrogens is 727 g/mol. The molecule has 0 aliphatic heterocycles. The van der Waals surface area contributed by atoms with Crippen molar-refractivity contribution < 1.29 is 0 Å². The van der Waals surface area contributed by atoms with Crippen LogP contribution in [0.25, 0.3) is 72.0 Å². The molecule has 1 aromatic heterocycles.